The molecule has 1 aliphatic rings. The molecule has 1 N–H and O–H groups in total. The smallest absolute Gasteiger partial charge is 0.252 e. The summed E-state index contributed by atoms with van der Waals surface area (Å²) in [6.45, 7) is 1.19. The van der Waals surface area contributed by atoms with E-state index in [1.54, 1.807) is 36.1 Å². The van der Waals surface area contributed by atoms with Gasteiger partial charge in [-0.1, -0.05) is 17.7 Å². The standard InChI is InChI=1S/C20H21ClN4O3/c1-28-17-6-4-13(9-16(17)21)11-25-18(27)7-5-14-10-22-20(23-19(14)25)24-8-2-3-15(24)12-26/h4-7,9-10,15,26H,2-3,8,11-12H2,1H3/t15-/m1/s1. The van der Waals surface area contributed by atoms with Crippen LogP contribution in [0.3, 0.4) is 0 Å². The Morgan fingerprint density at radius 3 is 2.93 bits per heavy atom. The summed E-state index contributed by atoms with van der Waals surface area (Å²) >= 11 is 6.23. The molecule has 3 heterocycles. The molecule has 2 aromatic heterocycles. The predicted octanol–water partition coefficient (Wildman–Crippen LogP) is 2.46. The molecular formula is C20H21ClN4O3. The molecule has 3 aromatic rings. The van der Waals surface area contributed by atoms with Crippen LogP contribution in [0.25, 0.3) is 11.0 Å². The summed E-state index contributed by atoms with van der Waals surface area (Å²) in [5.74, 6) is 1.13. The van der Waals surface area contributed by atoms with Crippen molar-refractivity contribution in [1.82, 2.24) is 14.5 Å². The molecular weight excluding hydrogens is 380 g/mol. The predicted molar refractivity (Wildman–Crippen MR) is 108 cm³/mol. The first-order valence-electron chi connectivity index (χ1n) is 9.17. The third kappa shape index (κ3) is 3.43. The highest BCUT2D eigenvalue weighted by Gasteiger charge is 2.26. The van der Waals surface area contributed by atoms with E-state index in [1.165, 1.54) is 6.07 Å². The van der Waals surface area contributed by atoms with Crippen LogP contribution in [-0.4, -0.2) is 45.9 Å². The number of aliphatic hydroxyl groups excluding tert-OH is 1. The Kier molecular flexibility index (Phi) is 5.19. The molecule has 146 valence electrons. The van der Waals surface area contributed by atoms with Crippen LogP contribution in [0.5, 0.6) is 5.75 Å². The molecule has 0 spiro atoms. The summed E-state index contributed by atoms with van der Waals surface area (Å²) in [5.41, 5.74) is 1.28. The van der Waals surface area contributed by atoms with E-state index in [9.17, 15) is 9.90 Å². The number of rotatable bonds is 5. The second-order valence-corrected chi connectivity index (χ2v) is 7.25. The fraction of sp³-hybridized carbons (Fsp3) is 0.350. The van der Waals surface area contributed by atoms with E-state index in [-0.39, 0.29) is 18.2 Å². The van der Waals surface area contributed by atoms with E-state index in [0.29, 0.717) is 28.9 Å². The third-order valence-corrected chi connectivity index (χ3v) is 5.41. The lowest BCUT2D eigenvalue weighted by atomic mass is 10.2. The monoisotopic (exact) mass is 400 g/mol. The van der Waals surface area contributed by atoms with Gasteiger partial charge in [-0.15, -0.1) is 0 Å². The lowest BCUT2D eigenvalue weighted by Crippen LogP contribution is -2.33. The summed E-state index contributed by atoms with van der Waals surface area (Å²) in [4.78, 5) is 23.7. The molecule has 1 aliphatic heterocycles. The average Bonchev–Trinajstić information content (AvgIpc) is 3.19. The van der Waals surface area contributed by atoms with Crippen molar-refractivity contribution >= 4 is 28.6 Å². The maximum atomic E-state index is 12.6. The fourth-order valence-electron chi connectivity index (χ4n) is 3.63. The highest BCUT2D eigenvalue weighted by molar-refractivity contribution is 6.32. The summed E-state index contributed by atoms with van der Waals surface area (Å²) in [6, 6.07) is 8.71. The average molecular weight is 401 g/mol. The Balaban J connectivity index is 1.76. The van der Waals surface area contributed by atoms with Crippen molar-refractivity contribution in [3.63, 3.8) is 0 Å². The van der Waals surface area contributed by atoms with Crippen LogP contribution in [0.15, 0.2) is 41.3 Å². The van der Waals surface area contributed by atoms with Crippen molar-refractivity contribution in [2.75, 3.05) is 25.2 Å². The first-order chi connectivity index (χ1) is 13.6. The van der Waals surface area contributed by atoms with Gasteiger partial charge in [0.15, 0.2) is 0 Å². The van der Waals surface area contributed by atoms with Crippen molar-refractivity contribution in [3.8, 4) is 5.75 Å². The number of anilines is 1. The molecule has 28 heavy (non-hydrogen) atoms. The van der Waals surface area contributed by atoms with Gasteiger partial charge in [-0.05, 0) is 36.6 Å². The van der Waals surface area contributed by atoms with Crippen LogP contribution in [0, 0.1) is 0 Å². The Labute approximate surface area is 167 Å². The second-order valence-electron chi connectivity index (χ2n) is 6.85. The van der Waals surface area contributed by atoms with E-state index >= 15 is 0 Å². The Morgan fingerprint density at radius 2 is 2.18 bits per heavy atom. The fourth-order valence-corrected chi connectivity index (χ4v) is 3.91. The minimum Gasteiger partial charge on any atom is -0.495 e. The molecule has 1 atom stereocenters. The van der Waals surface area contributed by atoms with Gasteiger partial charge in [0, 0.05) is 24.2 Å². The van der Waals surface area contributed by atoms with Crippen molar-refractivity contribution in [2.45, 2.75) is 25.4 Å². The van der Waals surface area contributed by atoms with E-state index in [0.717, 1.165) is 30.3 Å². The summed E-state index contributed by atoms with van der Waals surface area (Å²) < 4.78 is 6.80. The van der Waals surface area contributed by atoms with Gasteiger partial charge in [0.1, 0.15) is 11.4 Å². The van der Waals surface area contributed by atoms with E-state index in [1.807, 2.05) is 11.0 Å². The topological polar surface area (TPSA) is 80.5 Å². The first-order valence-corrected chi connectivity index (χ1v) is 9.55. The second kappa shape index (κ2) is 7.77. The number of pyridine rings is 1. The molecule has 0 unspecified atom stereocenters. The quantitative estimate of drug-likeness (QED) is 0.708. The number of hydrogen-bond donors (Lipinski definition) is 1. The van der Waals surface area contributed by atoms with Crippen LogP contribution in [0.2, 0.25) is 5.02 Å². The molecule has 7 nitrogen and oxygen atoms in total. The summed E-state index contributed by atoms with van der Waals surface area (Å²) in [7, 11) is 1.56. The lowest BCUT2D eigenvalue weighted by molar-refractivity contribution is 0.265. The molecule has 1 saturated heterocycles. The molecule has 8 heteroatoms. The number of ether oxygens (including phenoxy) is 1. The number of aromatic nitrogens is 3. The number of hydrogen-bond acceptors (Lipinski definition) is 6. The SMILES string of the molecule is COc1ccc(Cn2c(=O)ccc3cnc(N4CCC[C@@H]4CO)nc32)cc1Cl. The Morgan fingerprint density at radius 1 is 1.32 bits per heavy atom. The van der Waals surface area contributed by atoms with Gasteiger partial charge in [-0.25, -0.2) is 4.98 Å². The molecule has 0 amide bonds. The van der Waals surface area contributed by atoms with Gasteiger partial charge in [-0.3, -0.25) is 9.36 Å². The normalized spacial score (nSPS) is 16.7. The minimum atomic E-state index is -0.149. The summed E-state index contributed by atoms with van der Waals surface area (Å²) in [5, 5.41) is 10.9. The van der Waals surface area contributed by atoms with E-state index in [4.69, 9.17) is 16.3 Å². The molecule has 0 radical (unpaired) electrons. The first kappa shape index (κ1) is 18.7. The number of halogens is 1. The Bertz CT molecular complexity index is 1070. The number of benzene rings is 1. The third-order valence-electron chi connectivity index (χ3n) is 5.11. The van der Waals surface area contributed by atoms with Gasteiger partial charge < -0.3 is 14.7 Å². The zero-order chi connectivity index (χ0) is 19.7. The van der Waals surface area contributed by atoms with Gasteiger partial charge in [-0.2, -0.15) is 4.98 Å². The lowest BCUT2D eigenvalue weighted by Gasteiger charge is -2.23. The van der Waals surface area contributed by atoms with Gasteiger partial charge >= 0.3 is 0 Å². The van der Waals surface area contributed by atoms with E-state index < -0.39 is 0 Å². The van der Waals surface area contributed by atoms with Gasteiger partial charge in [0.05, 0.1) is 31.3 Å². The number of nitrogens with zero attached hydrogens (tertiary/aromatic N) is 4. The number of fused-ring (bicyclic) bond motifs is 1. The summed E-state index contributed by atoms with van der Waals surface area (Å²) in [6.07, 6.45) is 3.61. The van der Waals surface area contributed by atoms with Crippen molar-refractivity contribution in [1.29, 1.82) is 0 Å². The van der Waals surface area contributed by atoms with Crippen molar-refractivity contribution in [3.05, 3.63) is 57.5 Å². The highest BCUT2D eigenvalue weighted by Crippen LogP contribution is 2.26. The number of aliphatic hydroxyl groups is 1. The highest BCUT2D eigenvalue weighted by atomic mass is 35.5. The van der Waals surface area contributed by atoms with Gasteiger partial charge in [0.25, 0.3) is 5.56 Å². The van der Waals surface area contributed by atoms with Crippen molar-refractivity contribution in [2.24, 2.45) is 0 Å². The molecule has 0 bridgehead atoms. The Hall–Kier alpha value is -2.64. The maximum Gasteiger partial charge on any atom is 0.252 e. The molecule has 0 aliphatic carbocycles. The van der Waals surface area contributed by atoms with Gasteiger partial charge in [0.2, 0.25) is 5.95 Å². The van der Waals surface area contributed by atoms with Crippen LogP contribution < -0.4 is 15.2 Å². The number of methoxy groups -OCH3 is 1. The van der Waals surface area contributed by atoms with Crippen LogP contribution in [0.1, 0.15) is 18.4 Å². The van der Waals surface area contributed by atoms with E-state index in [2.05, 4.69) is 9.97 Å². The zero-order valence-corrected chi connectivity index (χ0v) is 16.3. The molecule has 1 aromatic carbocycles. The molecule has 0 saturated carbocycles. The minimum absolute atomic E-state index is 0.0155. The zero-order valence-electron chi connectivity index (χ0n) is 15.5. The molecule has 4 rings (SSSR count). The maximum absolute atomic E-state index is 12.6. The van der Waals surface area contributed by atoms with Crippen LogP contribution in [0.4, 0.5) is 5.95 Å². The van der Waals surface area contributed by atoms with Crippen LogP contribution >= 0.6 is 11.6 Å². The van der Waals surface area contributed by atoms with Crippen LogP contribution in [-0.2, 0) is 6.54 Å². The largest absolute Gasteiger partial charge is 0.495 e. The molecule has 1 fully saturated rings. The van der Waals surface area contributed by atoms with Crippen molar-refractivity contribution < 1.29 is 9.84 Å².